The predicted molar refractivity (Wildman–Crippen MR) is 44.4 cm³/mol. The molecule has 2 rings (SSSR count). The van der Waals surface area contributed by atoms with Gasteiger partial charge in [0.25, 0.3) is 15.9 Å². The fourth-order valence-corrected chi connectivity index (χ4v) is 2.36. The first-order chi connectivity index (χ1) is 6.42. The summed E-state index contributed by atoms with van der Waals surface area (Å²) in [5.74, 6) is -1.92. The fourth-order valence-electron chi connectivity index (χ4n) is 1.19. The molecule has 14 heavy (non-hydrogen) atoms. The Morgan fingerprint density at radius 1 is 1.14 bits per heavy atom. The van der Waals surface area contributed by atoms with E-state index in [1.165, 1.54) is 0 Å². The number of hydrogen-bond acceptors (Lipinski definition) is 5. The van der Waals surface area contributed by atoms with E-state index in [9.17, 15) is 13.2 Å². The third kappa shape index (κ3) is 1.02. The van der Waals surface area contributed by atoms with Crippen LogP contribution in [0.3, 0.4) is 0 Å². The Morgan fingerprint density at radius 2 is 1.71 bits per heavy atom. The molecular weight excluding hydrogens is 210 g/mol. The Bertz CT molecular complexity index is 533. The van der Waals surface area contributed by atoms with Gasteiger partial charge < -0.3 is 10.2 Å². The minimum absolute atomic E-state index is 0.166. The largest absolute Gasteiger partial charge is 0.504 e. The van der Waals surface area contributed by atoms with Crippen LogP contribution in [0.15, 0.2) is 17.0 Å². The van der Waals surface area contributed by atoms with Crippen LogP contribution in [0.25, 0.3) is 0 Å². The van der Waals surface area contributed by atoms with Gasteiger partial charge in [0.15, 0.2) is 11.5 Å². The maximum absolute atomic E-state index is 11.2. The number of rotatable bonds is 0. The van der Waals surface area contributed by atoms with E-state index in [-0.39, 0.29) is 10.5 Å². The van der Waals surface area contributed by atoms with Gasteiger partial charge in [0, 0.05) is 6.07 Å². The molecule has 1 aliphatic rings. The summed E-state index contributed by atoms with van der Waals surface area (Å²) in [4.78, 5) is 10.7. The summed E-state index contributed by atoms with van der Waals surface area (Å²) in [5, 5.41) is 18.1. The number of phenols is 2. The number of amides is 1. The summed E-state index contributed by atoms with van der Waals surface area (Å²) in [7, 11) is -3.86. The summed E-state index contributed by atoms with van der Waals surface area (Å²) < 4.78 is 24.1. The number of nitrogens with one attached hydrogen (secondary N) is 1. The number of phenolic OH excluding ortho intramolecular Hbond substituents is 2. The molecule has 0 unspecified atom stereocenters. The maximum atomic E-state index is 11.2. The third-order valence-corrected chi connectivity index (χ3v) is 3.21. The van der Waals surface area contributed by atoms with Gasteiger partial charge in [-0.05, 0) is 6.07 Å². The number of fused-ring (bicyclic) bond motifs is 1. The molecule has 1 heterocycles. The van der Waals surface area contributed by atoms with E-state index in [4.69, 9.17) is 10.2 Å². The van der Waals surface area contributed by atoms with Crippen molar-refractivity contribution in [2.24, 2.45) is 0 Å². The first-order valence-corrected chi connectivity index (χ1v) is 5.03. The topological polar surface area (TPSA) is 104 Å². The highest BCUT2D eigenvalue weighted by atomic mass is 32.2. The van der Waals surface area contributed by atoms with E-state index in [1.807, 2.05) is 0 Å². The van der Waals surface area contributed by atoms with E-state index in [1.54, 1.807) is 4.72 Å². The Kier molecular flexibility index (Phi) is 1.50. The average Bonchev–Trinajstić information content (AvgIpc) is 2.26. The minimum atomic E-state index is -3.86. The summed E-state index contributed by atoms with van der Waals surface area (Å²) >= 11 is 0. The third-order valence-electron chi connectivity index (χ3n) is 1.84. The zero-order valence-electron chi connectivity index (χ0n) is 6.68. The predicted octanol–water partition coefficient (Wildman–Crippen LogP) is -0.470. The van der Waals surface area contributed by atoms with E-state index in [2.05, 4.69) is 0 Å². The zero-order valence-corrected chi connectivity index (χ0v) is 7.50. The second-order valence-corrected chi connectivity index (χ2v) is 4.42. The molecular formula is C7H5NO5S. The molecule has 1 amide bonds. The molecule has 74 valence electrons. The average molecular weight is 215 g/mol. The normalized spacial score (nSPS) is 17.6. The molecule has 0 atom stereocenters. The lowest BCUT2D eigenvalue weighted by Gasteiger charge is -1.98. The molecule has 0 saturated carbocycles. The molecule has 0 spiro atoms. The molecule has 1 aromatic rings. The summed E-state index contributed by atoms with van der Waals surface area (Å²) in [6, 6.07) is 1.74. The molecule has 0 bridgehead atoms. The fraction of sp³-hybridized carbons (Fsp3) is 0. The van der Waals surface area contributed by atoms with Crippen LogP contribution in [-0.2, 0) is 10.0 Å². The Hall–Kier alpha value is -1.76. The molecule has 7 heteroatoms. The van der Waals surface area contributed by atoms with Gasteiger partial charge in [0.05, 0.1) is 5.56 Å². The monoisotopic (exact) mass is 215 g/mol. The molecule has 0 aliphatic carbocycles. The van der Waals surface area contributed by atoms with Crippen LogP contribution in [0.4, 0.5) is 0 Å². The maximum Gasteiger partial charge on any atom is 0.266 e. The summed E-state index contributed by atoms with van der Waals surface area (Å²) in [5.41, 5.74) is -0.166. The van der Waals surface area contributed by atoms with Crippen molar-refractivity contribution in [3.63, 3.8) is 0 Å². The Labute approximate surface area is 78.9 Å². The van der Waals surface area contributed by atoms with Crippen LogP contribution < -0.4 is 4.72 Å². The molecule has 1 aliphatic heterocycles. The molecule has 0 aromatic heterocycles. The van der Waals surface area contributed by atoms with Crippen LogP contribution >= 0.6 is 0 Å². The SMILES string of the molecule is O=C1NS(=O)(=O)c2cc(O)c(O)cc21. The number of aromatic hydroxyl groups is 2. The van der Waals surface area contributed by atoms with E-state index in [0.717, 1.165) is 12.1 Å². The lowest BCUT2D eigenvalue weighted by molar-refractivity contribution is 0.0984. The van der Waals surface area contributed by atoms with Crippen LogP contribution in [0, 0.1) is 0 Å². The van der Waals surface area contributed by atoms with Gasteiger partial charge in [0.1, 0.15) is 4.90 Å². The Balaban J connectivity index is 2.83. The smallest absolute Gasteiger partial charge is 0.266 e. The van der Waals surface area contributed by atoms with Crippen LogP contribution in [0.5, 0.6) is 11.5 Å². The molecule has 0 radical (unpaired) electrons. The van der Waals surface area contributed by atoms with Crippen molar-refractivity contribution in [3.8, 4) is 11.5 Å². The van der Waals surface area contributed by atoms with Crippen molar-refractivity contribution in [3.05, 3.63) is 17.7 Å². The van der Waals surface area contributed by atoms with Crippen molar-refractivity contribution >= 4 is 15.9 Å². The van der Waals surface area contributed by atoms with E-state index in [0.29, 0.717) is 0 Å². The standard InChI is InChI=1S/C7H5NO5S/c9-4-1-3-6(2-5(4)10)14(12,13)8-7(3)11/h1-2,9-10H,(H,8,11). The second kappa shape index (κ2) is 2.38. The van der Waals surface area contributed by atoms with Crippen LogP contribution in [0.1, 0.15) is 10.4 Å². The molecule has 3 N–H and O–H groups in total. The highest BCUT2D eigenvalue weighted by Gasteiger charge is 2.33. The van der Waals surface area contributed by atoms with E-state index < -0.39 is 27.4 Å². The van der Waals surface area contributed by atoms with Crippen molar-refractivity contribution in [2.75, 3.05) is 0 Å². The van der Waals surface area contributed by atoms with Crippen molar-refractivity contribution in [2.45, 2.75) is 4.90 Å². The summed E-state index contributed by atoms with van der Waals surface area (Å²) in [6.45, 7) is 0. The lowest BCUT2D eigenvalue weighted by atomic mass is 10.2. The van der Waals surface area contributed by atoms with E-state index >= 15 is 0 Å². The number of carbonyl (C=O) groups excluding carboxylic acids is 1. The van der Waals surface area contributed by atoms with Gasteiger partial charge in [-0.25, -0.2) is 13.1 Å². The highest BCUT2D eigenvalue weighted by Crippen LogP contribution is 2.33. The van der Waals surface area contributed by atoms with Gasteiger partial charge in [-0.2, -0.15) is 0 Å². The second-order valence-electron chi connectivity index (χ2n) is 2.77. The number of benzene rings is 1. The van der Waals surface area contributed by atoms with Crippen molar-refractivity contribution in [1.82, 2.24) is 4.72 Å². The first-order valence-electron chi connectivity index (χ1n) is 3.55. The van der Waals surface area contributed by atoms with Crippen molar-refractivity contribution < 1.29 is 23.4 Å². The molecule has 0 saturated heterocycles. The summed E-state index contributed by atoms with van der Waals surface area (Å²) in [6.07, 6.45) is 0. The lowest BCUT2D eigenvalue weighted by Crippen LogP contribution is -2.20. The molecule has 6 nitrogen and oxygen atoms in total. The minimum Gasteiger partial charge on any atom is -0.504 e. The number of hydrogen-bond donors (Lipinski definition) is 3. The molecule has 1 aromatic carbocycles. The highest BCUT2D eigenvalue weighted by molar-refractivity contribution is 7.90. The van der Waals surface area contributed by atoms with Crippen LogP contribution in [-0.4, -0.2) is 24.5 Å². The zero-order chi connectivity index (χ0) is 10.5. The van der Waals surface area contributed by atoms with Gasteiger partial charge in [-0.15, -0.1) is 0 Å². The van der Waals surface area contributed by atoms with Gasteiger partial charge in [-0.1, -0.05) is 0 Å². The molecule has 0 fully saturated rings. The number of carbonyl (C=O) groups is 1. The first kappa shape index (κ1) is 8.82. The van der Waals surface area contributed by atoms with Gasteiger partial charge in [-0.3, -0.25) is 4.79 Å². The van der Waals surface area contributed by atoms with Gasteiger partial charge in [0.2, 0.25) is 0 Å². The number of sulfonamides is 1. The van der Waals surface area contributed by atoms with Gasteiger partial charge >= 0.3 is 0 Å². The Morgan fingerprint density at radius 3 is 2.36 bits per heavy atom. The quantitative estimate of drug-likeness (QED) is 0.507. The van der Waals surface area contributed by atoms with Crippen molar-refractivity contribution in [1.29, 1.82) is 0 Å². The van der Waals surface area contributed by atoms with Crippen LogP contribution in [0.2, 0.25) is 0 Å².